The minimum Gasteiger partial charge on any atom is -0.355 e. The fourth-order valence-electron chi connectivity index (χ4n) is 3.30. The summed E-state index contributed by atoms with van der Waals surface area (Å²) in [6.45, 7) is 1.84. The number of nitrogens with zero attached hydrogens (tertiary/aromatic N) is 1. The molecule has 1 atom stereocenters. The van der Waals surface area contributed by atoms with Gasteiger partial charge in [0.1, 0.15) is 0 Å². The Morgan fingerprint density at radius 1 is 1.04 bits per heavy atom. The van der Waals surface area contributed by atoms with Gasteiger partial charge in [0.05, 0.1) is 11.9 Å². The number of sulfonamides is 1. The first kappa shape index (κ1) is 18.9. The van der Waals surface area contributed by atoms with Gasteiger partial charge in [-0.25, -0.2) is 8.42 Å². The van der Waals surface area contributed by atoms with Crippen molar-refractivity contribution in [2.45, 2.75) is 19.4 Å². The van der Waals surface area contributed by atoms with Crippen molar-refractivity contribution in [3.63, 3.8) is 0 Å². The topological polar surface area (TPSA) is 95.6 Å². The molecule has 3 rings (SSSR count). The molecule has 0 aromatic heterocycles. The van der Waals surface area contributed by atoms with E-state index < -0.39 is 10.0 Å². The molecular weight excluding hydrogens is 366 g/mol. The third-order valence-electron chi connectivity index (χ3n) is 4.48. The highest BCUT2D eigenvalue weighted by molar-refractivity contribution is 7.92. The Morgan fingerprint density at radius 3 is 2.26 bits per heavy atom. The monoisotopic (exact) mass is 387 g/mol. The van der Waals surface area contributed by atoms with Gasteiger partial charge in [0, 0.05) is 29.9 Å². The molecule has 0 saturated heterocycles. The molecule has 7 nitrogen and oxygen atoms in total. The smallest absolute Gasteiger partial charge is 0.255 e. The van der Waals surface area contributed by atoms with Crippen molar-refractivity contribution in [2.75, 3.05) is 22.9 Å². The Hall–Kier alpha value is -2.87. The number of fused-ring (bicyclic) bond motifs is 1. The molecule has 0 bridgehead atoms. The average Bonchev–Trinajstić information content (AvgIpc) is 2.96. The zero-order valence-corrected chi connectivity index (χ0v) is 16.1. The minimum atomic E-state index is -3.36. The second-order valence-corrected chi connectivity index (χ2v) is 8.43. The normalized spacial score (nSPS) is 16.0. The van der Waals surface area contributed by atoms with Gasteiger partial charge in [0.2, 0.25) is 10.0 Å². The van der Waals surface area contributed by atoms with Crippen LogP contribution in [-0.2, 0) is 16.4 Å². The van der Waals surface area contributed by atoms with Crippen molar-refractivity contribution in [1.82, 2.24) is 5.32 Å². The summed E-state index contributed by atoms with van der Waals surface area (Å²) in [6.07, 6.45) is 1.74. The van der Waals surface area contributed by atoms with Gasteiger partial charge >= 0.3 is 0 Å². The Labute approximate surface area is 158 Å². The predicted molar refractivity (Wildman–Crippen MR) is 105 cm³/mol. The van der Waals surface area contributed by atoms with Gasteiger partial charge in [-0.15, -0.1) is 0 Å². The van der Waals surface area contributed by atoms with E-state index in [1.165, 1.54) is 10.6 Å². The van der Waals surface area contributed by atoms with Crippen molar-refractivity contribution in [3.8, 4) is 0 Å². The molecule has 0 spiro atoms. The minimum absolute atomic E-state index is 0.175. The van der Waals surface area contributed by atoms with E-state index in [0.717, 1.165) is 5.56 Å². The molecule has 0 unspecified atom stereocenters. The third-order valence-corrected chi connectivity index (χ3v) is 5.76. The highest BCUT2D eigenvalue weighted by Gasteiger charge is 2.32. The molecule has 8 heteroatoms. The zero-order chi connectivity index (χ0) is 19.8. The number of amides is 2. The summed E-state index contributed by atoms with van der Waals surface area (Å²) in [7, 11) is -1.81. The highest BCUT2D eigenvalue weighted by Crippen LogP contribution is 2.34. The SMILES string of the molecule is CNC(=O)c1ccc(NC(=O)c2ccc3c(c2)C[C@@H](C)N3S(C)(=O)=O)cc1. The van der Waals surface area contributed by atoms with Crippen molar-refractivity contribution in [1.29, 1.82) is 0 Å². The van der Waals surface area contributed by atoms with Gasteiger partial charge in [-0.2, -0.15) is 0 Å². The van der Waals surface area contributed by atoms with E-state index in [2.05, 4.69) is 10.6 Å². The lowest BCUT2D eigenvalue weighted by atomic mass is 10.1. The van der Waals surface area contributed by atoms with Gasteiger partial charge in [-0.3, -0.25) is 13.9 Å². The molecule has 1 aliphatic heterocycles. The molecule has 1 aliphatic rings. The Morgan fingerprint density at radius 2 is 1.67 bits per heavy atom. The summed E-state index contributed by atoms with van der Waals surface area (Å²) in [4.78, 5) is 24.1. The van der Waals surface area contributed by atoms with E-state index in [1.54, 1.807) is 49.5 Å². The average molecular weight is 387 g/mol. The van der Waals surface area contributed by atoms with Crippen LogP contribution in [0.2, 0.25) is 0 Å². The van der Waals surface area contributed by atoms with Gasteiger partial charge in [0.25, 0.3) is 11.8 Å². The van der Waals surface area contributed by atoms with Crippen LogP contribution in [0.15, 0.2) is 42.5 Å². The molecule has 0 fully saturated rings. The van der Waals surface area contributed by atoms with E-state index >= 15 is 0 Å². The molecule has 142 valence electrons. The van der Waals surface area contributed by atoms with Crippen molar-refractivity contribution < 1.29 is 18.0 Å². The first-order valence-electron chi connectivity index (χ1n) is 8.46. The quantitative estimate of drug-likeness (QED) is 0.839. The van der Waals surface area contributed by atoms with Crippen LogP contribution < -0.4 is 14.9 Å². The van der Waals surface area contributed by atoms with Gasteiger partial charge < -0.3 is 10.6 Å². The van der Waals surface area contributed by atoms with Crippen LogP contribution in [0.25, 0.3) is 0 Å². The van der Waals surface area contributed by atoms with Crippen LogP contribution in [0, 0.1) is 0 Å². The van der Waals surface area contributed by atoms with E-state index in [9.17, 15) is 18.0 Å². The van der Waals surface area contributed by atoms with Crippen LogP contribution >= 0.6 is 0 Å². The van der Waals surface area contributed by atoms with Crippen molar-refractivity contribution in [3.05, 3.63) is 59.2 Å². The fourth-order valence-corrected chi connectivity index (χ4v) is 4.57. The second-order valence-electron chi connectivity index (χ2n) is 6.57. The molecule has 2 amide bonds. The first-order chi connectivity index (χ1) is 12.7. The summed E-state index contributed by atoms with van der Waals surface area (Å²) in [5.41, 5.74) is 2.97. The number of nitrogens with one attached hydrogen (secondary N) is 2. The number of rotatable bonds is 4. The molecule has 2 aromatic carbocycles. The van der Waals surface area contributed by atoms with E-state index in [0.29, 0.717) is 28.9 Å². The maximum absolute atomic E-state index is 12.5. The lowest BCUT2D eigenvalue weighted by Crippen LogP contribution is -2.34. The summed E-state index contributed by atoms with van der Waals surface area (Å²) >= 11 is 0. The first-order valence-corrected chi connectivity index (χ1v) is 10.3. The number of hydrogen-bond donors (Lipinski definition) is 2. The van der Waals surface area contributed by atoms with Crippen molar-refractivity contribution in [2.24, 2.45) is 0 Å². The molecular formula is C19H21N3O4S. The maximum atomic E-state index is 12.5. The van der Waals surface area contributed by atoms with Crippen LogP contribution in [0.4, 0.5) is 11.4 Å². The summed E-state index contributed by atoms with van der Waals surface area (Å²) in [5, 5.41) is 5.32. The fraction of sp³-hybridized carbons (Fsp3) is 0.263. The molecule has 0 saturated carbocycles. The standard InChI is InChI=1S/C19H21N3O4S/c1-12-10-15-11-14(6-9-17(15)22(12)27(3,25)26)19(24)21-16-7-4-13(5-8-16)18(23)20-2/h4-9,11-12H,10H2,1-3H3,(H,20,23)(H,21,24)/t12-/m1/s1. The Balaban J connectivity index is 1.79. The summed E-state index contributed by atoms with van der Waals surface area (Å²) in [5.74, 6) is -0.494. The zero-order valence-electron chi connectivity index (χ0n) is 15.3. The van der Waals surface area contributed by atoms with Crippen LogP contribution in [0.1, 0.15) is 33.2 Å². The third kappa shape index (κ3) is 3.80. The second kappa shape index (κ2) is 7.03. The van der Waals surface area contributed by atoms with Gasteiger partial charge in [-0.05, 0) is 61.4 Å². The van der Waals surface area contributed by atoms with Crippen LogP contribution in [0.5, 0.6) is 0 Å². The lowest BCUT2D eigenvalue weighted by molar-refractivity contribution is 0.0962. The summed E-state index contributed by atoms with van der Waals surface area (Å²) < 4.78 is 25.4. The van der Waals surface area contributed by atoms with Crippen LogP contribution in [-0.4, -0.2) is 39.6 Å². The lowest BCUT2D eigenvalue weighted by Gasteiger charge is -2.21. The number of carbonyl (C=O) groups is 2. The molecule has 0 aliphatic carbocycles. The maximum Gasteiger partial charge on any atom is 0.255 e. The van der Waals surface area contributed by atoms with Crippen molar-refractivity contribution >= 4 is 33.2 Å². The van der Waals surface area contributed by atoms with E-state index in [-0.39, 0.29) is 17.9 Å². The molecule has 0 radical (unpaired) electrons. The summed E-state index contributed by atoms with van der Waals surface area (Å²) in [6, 6.07) is 11.4. The van der Waals surface area contributed by atoms with E-state index in [1.807, 2.05) is 6.92 Å². The highest BCUT2D eigenvalue weighted by atomic mass is 32.2. The number of benzene rings is 2. The predicted octanol–water partition coefficient (Wildman–Crippen LogP) is 2.01. The molecule has 1 heterocycles. The molecule has 2 aromatic rings. The number of hydrogen-bond acceptors (Lipinski definition) is 4. The van der Waals surface area contributed by atoms with E-state index in [4.69, 9.17) is 0 Å². The van der Waals surface area contributed by atoms with Crippen LogP contribution in [0.3, 0.4) is 0 Å². The van der Waals surface area contributed by atoms with Gasteiger partial charge in [-0.1, -0.05) is 0 Å². The Bertz CT molecular complexity index is 1000. The van der Waals surface area contributed by atoms with Gasteiger partial charge in [0.15, 0.2) is 0 Å². The molecule has 27 heavy (non-hydrogen) atoms. The molecule has 2 N–H and O–H groups in total. The number of carbonyl (C=O) groups excluding carboxylic acids is 2. The Kier molecular flexibility index (Phi) is 4.93. The number of anilines is 2. The largest absolute Gasteiger partial charge is 0.355 e.